The van der Waals surface area contributed by atoms with Crippen molar-refractivity contribution in [1.29, 1.82) is 0 Å². The van der Waals surface area contributed by atoms with Crippen LogP contribution < -0.4 is 10.1 Å². The Balaban J connectivity index is 2.03. The van der Waals surface area contributed by atoms with E-state index in [-0.39, 0.29) is 5.91 Å². The fourth-order valence-corrected chi connectivity index (χ4v) is 3.19. The third-order valence-electron chi connectivity index (χ3n) is 4.23. The lowest BCUT2D eigenvalue weighted by Crippen LogP contribution is -2.05. The molecule has 2 aromatic carbocycles. The second-order valence-electron chi connectivity index (χ2n) is 5.82. The van der Waals surface area contributed by atoms with Gasteiger partial charge in [-0.25, -0.2) is 0 Å². The summed E-state index contributed by atoms with van der Waals surface area (Å²) < 4.78 is 5.49. The van der Waals surface area contributed by atoms with Gasteiger partial charge in [0.2, 0.25) is 5.91 Å². The van der Waals surface area contributed by atoms with Gasteiger partial charge in [-0.05, 0) is 24.3 Å². The highest BCUT2D eigenvalue weighted by molar-refractivity contribution is 6.15. The van der Waals surface area contributed by atoms with Gasteiger partial charge >= 0.3 is 0 Å². The highest BCUT2D eigenvalue weighted by atomic mass is 16.5. The number of pyridine rings is 1. The highest BCUT2D eigenvalue weighted by Crippen LogP contribution is 2.37. The van der Waals surface area contributed by atoms with Crippen LogP contribution in [0.1, 0.15) is 6.92 Å². The molecule has 0 atom stereocenters. The molecule has 4 aromatic rings. The van der Waals surface area contributed by atoms with E-state index in [1.54, 1.807) is 13.3 Å². The van der Waals surface area contributed by atoms with E-state index in [1.807, 2.05) is 48.5 Å². The molecule has 4 rings (SSSR count). The van der Waals surface area contributed by atoms with E-state index >= 15 is 0 Å². The predicted molar refractivity (Wildman–Crippen MR) is 99.9 cm³/mol. The van der Waals surface area contributed by atoms with Crippen LogP contribution in [0.3, 0.4) is 0 Å². The number of aromatic nitrogens is 2. The van der Waals surface area contributed by atoms with Crippen LogP contribution in [-0.4, -0.2) is 23.0 Å². The van der Waals surface area contributed by atoms with E-state index in [1.165, 1.54) is 6.92 Å². The number of benzene rings is 2. The highest BCUT2D eigenvalue weighted by Gasteiger charge is 2.15. The van der Waals surface area contributed by atoms with Gasteiger partial charge in [0.15, 0.2) is 0 Å². The van der Waals surface area contributed by atoms with Gasteiger partial charge in [0.25, 0.3) is 0 Å². The fraction of sp³-hybridized carbons (Fsp3) is 0.100. The number of nitrogens with one attached hydrogen (secondary N) is 2. The SMILES string of the molecule is COc1ccccc1-c1nccc2c1[nH]c1c(NC(C)=O)cccc12. The molecule has 0 fully saturated rings. The molecule has 124 valence electrons. The van der Waals surface area contributed by atoms with Crippen molar-refractivity contribution in [3.8, 4) is 17.0 Å². The Hall–Kier alpha value is -3.34. The van der Waals surface area contributed by atoms with E-state index in [4.69, 9.17) is 4.74 Å². The van der Waals surface area contributed by atoms with Crippen LogP contribution in [-0.2, 0) is 4.79 Å². The maximum absolute atomic E-state index is 11.5. The molecule has 0 saturated heterocycles. The number of methoxy groups -OCH3 is 1. The fourth-order valence-electron chi connectivity index (χ4n) is 3.19. The number of hydrogen-bond acceptors (Lipinski definition) is 3. The number of anilines is 1. The van der Waals surface area contributed by atoms with Crippen molar-refractivity contribution in [2.24, 2.45) is 0 Å². The Kier molecular flexibility index (Phi) is 3.61. The van der Waals surface area contributed by atoms with E-state index < -0.39 is 0 Å². The maximum atomic E-state index is 11.5. The van der Waals surface area contributed by atoms with Crippen LogP contribution in [0.25, 0.3) is 33.1 Å². The largest absolute Gasteiger partial charge is 0.496 e. The molecule has 0 bridgehead atoms. The van der Waals surface area contributed by atoms with Crippen LogP contribution >= 0.6 is 0 Å². The first-order chi connectivity index (χ1) is 12.2. The third-order valence-corrected chi connectivity index (χ3v) is 4.23. The lowest BCUT2D eigenvalue weighted by Gasteiger charge is -2.08. The summed E-state index contributed by atoms with van der Waals surface area (Å²) in [6.45, 7) is 1.50. The summed E-state index contributed by atoms with van der Waals surface area (Å²) in [5, 5.41) is 4.97. The summed E-state index contributed by atoms with van der Waals surface area (Å²) >= 11 is 0. The molecule has 5 nitrogen and oxygen atoms in total. The normalized spacial score (nSPS) is 11.0. The molecular weight excluding hydrogens is 314 g/mol. The minimum atomic E-state index is -0.103. The first-order valence-corrected chi connectivity index (χ1v) is 7.99. The number of para-hydroxylation sites is 2. The lowest BCUT2D eigenvalue weighted by atomic mass is 10.1. The molecule has 0 aliphatic carbocycles. The second kappa shape index (κ2) is 5.94. The first kappa shape index (κ1) is 15.2. The summed E-state index contributed by atoms with van der Waals surface area (Å²) in [7, 11) is 1.65. The minimum absolute atomic E-state index is 0.103. The molecule has 5 heteroatoms. The average Bonchev–Trinajstić information content (AvgIpc) is 3.01. The topological polar surface area (TPSA) is 67.0 Å². The molecule has 2 N–H and O–H groups in total. The van der Waals surface area contributed by atoms with Gasteiger partial charge in [-0.15, -0.1) is 0 Å². The number of fused-ring (bicyclic) bond motifs is 3. The minimum Gasteiger partial charge on any atom is -0.496 e. The van der Waals surface area contributed by atoms with E-state index in [0.29, 0.717) is 0 Å². The Bertz CT molecular complexity index is 1100. The quantitative estimate of drug-likeness (QED) is 0.586. The zero-order valence-corrected chi connectivity index (χ0v) is 14.0. The van der Waals surface area contributed by atoms with Crippen molar-refractivity contribution < 1.29 is 9.53 Å². The number of hydrogen-bond donors (Lipinski definition) is 2. The van der Waals surface area contributed by atoms with Crippen LogP contribution in [0, 0.1) is 0 Å². The number of H-pyrrole nitrogens is 1. The zero-order chi connectivity index (χ0) is 17.4. The van der Waals surface area contributed by atoms with E-state index in [2.05, 4.69) is 15.3 Å². The van der Waals surface area contributed by atoms with E-state index in [9.17, 15) is 4.79 Å². The monoisotopic (exact) mass is 331 g/mol. The molecule has 0 unspecified atom stereocenters. The van der Waals surface area contributed by atoms with Crippen molar-refractivity contribution in [1.82, 2.24) is 9.97 Å². The molecule has 0 saturated carbocycles. The van der Waals surface area contributed by atoms with Gasteiger partial charge in [0, 0.05) is 29.5 Å². The van der Waals surface area contributed by atoms with Crippen molar-refractivity contribution in [3.05, 3.63) is 54.7 Å². The van der Waals surface area contributed by atoms with Crippen molar-refractivity contribution >= 4 is 33.4 Å². The summed E-state index contributed by atoms with van der Waals surface area (Å²) in [4.78, 5) is 19.5. The van der Waals surface area contributed by atoms with Gasteiger partial charge in [-0.2, -0.15) is 0 Å². The van der Waals surface area contributed by atoms with Crippen LogP contribution in [0.2, 0.25) is 0 Å². The predicted octanol–water partition coefficient (Wildman–Crippen LogP) is 4.35. The molecule has 0 aliphatic heterocycles. The molecule has 0 aliphatic rings. The van der Waals surface area contributed by atoms with Crippen molar-refractivity contribution in [2.45, 2.75) is 6.92 Å². The molecule has 2 heterocycles. The second-order valence-corrected chi connectivity index (χ2v) is 5.82. The molecule has 25 heavy (non-hydrogen) atoms. The molecule has 0 radical (unpaired) electrons. The third kappa shape index (κ3) is 2.50. The Morgan fingerprint density at radius 2 is 1.84 bits per heavy atom. The summed E-state index contributed by atoms with van der Waals surface area (Å²) in [6, 6.07) is 15.6. The first-order valence-electron chi connectivity index (χ1n) is 7.99. The van der Waals surface area contributed by atoms with Gasteiger partial charge in [0.1, 0.15) is 5.75 Å². The average molecular weight is 331 g/mol. The van der Waals surface area contributed by atoms with Crippen molar-refractivity contribution in [3.63, 3.8) is 0 Å². The van der Waals surface area contributed by atoms with Gasteiger partial charge in [0.05, 0.1) is 29.5 Å². The van der Waals surface area contributed by atoms with E-state index in [0.717, 1.165) is 44.5 Å². The summed E-state index contributed by atoms with van der Waals surface area (Å²) in [5.74, 6) is 0.664. The molecule has 0 spiro atoms. The van der Waals surface area contributed by atoms with Crippen LogP contribution in [0.15, 0.2) is 54.7 Å². The van der Waals surface area contributed by atoms with Crippen LogP contribution in [0.5, 0.6) is 5.75 Å². The van der Waals surface area contributed by atoms with Gasteiger partial charge < -0.3 is 15.0 Å². The van der Waals surface area contributed by atoms with Gasteiger partial charge in [-0.1, -0.05) is 24.3 Å². The molecule has 1 amide bonds. The summed E-state index contributed by atoms with van der Waals surface area (Å²) in [6.07, 6.45) is 1.79. The number of amides is 1. The van der Waals surface area contributed by atoms with Gasteiger partial charge in [-0.3, -0.25) is 9.78 Å². The smallest absolute Gasteiger partial charge is 0.221 e. The zero-order valence-electron chi connectivity index (χ0n) is 14.0. The molecular formula is C20H17N3O2. The number of rotatable bonds is 3. The Morgan fingerprint density at radius 3 is 2.64 bits per heavy atom. The standard InChI is InChI=1S/C20H17N3O2/c1-12(24)22-16-8-5-7-13-14-10-11-21-19(20(14)23-18(13)16)15-6-3-4-9-17(15)25-2/h3-11,23H,1-2H3,(H,22,24). The Labute approximate surface area is 144 Å². The molecule has 2 aromatic heterocycles. The van der Waals surface area contributed by atoms with Crippen LogP contribution in [0.4, 0.5) is 5.69 Å². The number of carbonyl (C=O) groups is 1. The Morgan fingerprint density at radius 1 is 1.04 bits per heavy atom. The number of ether oxygens (including phenoxy) is 1. The lowest BCUT2D eigenvalue weighted by molar-refractivity contribution is -0.114. The number of nitrogens with zero attached hydrogens (tertiary/aromatic N) is 1. The number of aromatic amines is 1. The number of carbonyl (C=O) groups excluding carboxylic acids is 1. The van der Waals surface area contributed by atoms with Crippen molar-refractivity contribution in [2.75, 3.05) is 12.4 Å². The summed E-state index contributed by atoms with van der Waals surface area (Å²) in [5.41, 5.74) is 4.30. The maximum Gasteiger partial charge on any atom is 0.221 e.